The number of amides is 1. The van der Waals surface area contributed by atoms with E-state index >= 15 is 0 Å². The maximum atomic E-state index is 13.2. The molecule has 0 saturated carbocycles. The molecule has 1 atom stereocenters. The van der Waals surface area contributed by atoms with Crippen LogP contribution in [0.5, 0.6) is 5.75 Å². The number of hydrogen-bond donors (Lipinski definition) is 1. The average Bonchev–Trinajstić information content (AvgIpc) is 2.82. The van der Waals surface area contributed by atoms with E-state index < -0.39 is 16.1 Å². The quantitative estimate of drug-likeness (QED) is 0.403. The molecule has 32 heavy (non-hydrogen) atoms. The van der Waals surface area contributed by atoms with Crippen molar-refractivity contribution in [3.63, 3.8) is 0 Å². The van der Waals surface area contributed by atoms with Crippen LogP contribution in [0.2, 0.25) is 0 Å². The first kappa shape index (κ1) is 22.2. The SMILES string of the molecule is O=C(NCCSc1ccccc1)[C@H]1CN(S(=O)(=O)Cc2ccccc2)c2ccccc2O1. The van der Waals surface area contributed by atoms with E-state index in [9.17, 15) is 13.2 Å². The molecule has 0 radical (unpaired) electrons. The number of nitrogens with one attached hydrogen (secondary N) is 1. The lowest BCUT2D eigenvalue weighted by molar-refractivity contribution is -0.127. The van der Waals surface area contributed by atoms with Gasteiger partial charge in [-0.05, 0) is 29.8 Å². The lowest BCUT2D eigenvalue weighted by Gasteiger charge is -2.34. The number of carbonyl (C=O) groups is 1. The number of hydrogen-bond acceptors (Lipinski definition) is 5. The predicted octanol–water partition coefficient (Wildman–Crippen LogP) is 3.69. The van der Waals surface area contributed by atoms with Crippen LogP contribution >= 0.6 is 11.8 Å². The van der Waals surface area contributed by atoms with Gasteiger partial charge in [0.2, 0.25) is 10.0 Å². The highest BCUT2D eigenvalue weighted by Gasteiger charge is 2.36. The number of thioether (sulfide) groups is 1. The molecular weight excluding hydrogens is 444 g/mol. The smallest absolute Gasteiger partial charge is 0.263 e. The number of fused-ring (bicyclic) bond motifs is 1. The molecule has 0 fully saturated rings. The third kappa shape index (κ3) is 5.44. The first-order valence-electron chi connectivity index (χ1n) is 10.3. The summed E-state index contributed by atoms with van der Waals surface area (Å²) in [4.78, 5) is 13.9. The molecule has 1 amide bonds. The van der Waals surface area contributed by atoms with Gasteiger partial charge in [0.1, 0.15) is 5.75 Å². The van der Waals surface area contributed by atoms with Crippen molar-refractivity contribution in [2.24, 2.45) is 0 Å². The van der Waals surface area contributed by atoms with Gasteiger partial charge in [-0.2, -0.15) is 0 Å². The number of carbonyl (C=O) groups excluding carboxylic acids is 1. The number of para-hydroxylation sites is 2. The first-order chi connectivity index (χ1) is 15.5. The Morgan fingerprint density at radius 1 is 0.969 bits per heavy atom. The fraction of sp³-hybridized carbons (Fsp3) is 0.208. The maximum Gasteiger partial charge on any atom is 0.263 e. The zero-order chi connectivity index (χ0) is 22.4. The molecule has 0 bridgehead atoms. The van der Waals surface area contributed by atoms with Gasteiger partial charge in [0.05, 0.1) is 18.0 Å². The summed E-state index contributed by atoms with van der Waals surface area (Å²) in [7, 11) is -3.71. The zero-order valence-corrected chi connectivity index (χ0v) is 19.0. The molecule has 3 aromatic rings. The van der Waals surface area contributed by atoms with Crippen molar-refractivity contribution in [3.8, 4) is 5.75 Å². The summed E-state index contributed by atoms with van der Waals surface area (Å²) < 4.78 is 33.6. The number of sulfonamides is 1. The highest BCUT2D eigenvalue weighted by Crippen LogP contribution is 2.35. The number of rotatable bonds is 8. The number of nitrogens with zero attached hydrogens (tertiary/aromatic N) is 1. The van der Waals surface area contributed by atoms with Gasteiger partial charge in [-0.1, -0.05) is 60.7 Å². The van der Waals surface area contributed by atoms with E-state index in [1.54, 1.807) is 48.2 Å². The van der Waals surface area contributed by atoms with Crippen molar-refractivity contribution in [1.29, 1.82) is 0 Å². The van der Waals surface area contributed by atoms with Crippen LogP contribution in [0.25, 0.3) is 0 Å². The van der Waals surface area contributed by atoms with Crippen LogP contribution in [0.15, 0.2) is 89.8 Å². The molecule has 0 unspecified atom stereocenters. The standard InChI is InChI=1S/C24H24N2O4S2/c27-24(25-15-16-31-20-11-5-2-6-12-20)23-17-26(21-13-7-8-14-22(21)30-23)32(28,29)18-19-9-3-1-4-10-19/h1-14,23H,15-18H2,(H,25,27)/t23-/m1/s1. The molecule has 6 nitrogen and oxygen atoms in total. The zero-order valence-electron chi connectivity index (χ0n) is 17.4. The second-order valence-electron chi connectivity index (χ2n) is 7.30. The molecule has 0 aliphatic carbocycles. The summed E-state index contributed by atoms with van der Waals surface area (Å²) in [5, 5.41) is 2.87. The summed E-state index contributed by atoms with van der Waals surface area (Å²) in [6.45, 7) is 0.389. The summed E-state index contributed by atoms with van der Waals surface area (Å²) in [6.07, 6.45) is -0.919. The van der Waals surface area contributed by atoms with E-state index in [-0.39, 0.29) is 18.2 Å². The molecule has 0 spiro atoms. The van der Waals surface area contributed by atoms with Crippen LogP contribution in [0.1, 0.15) is 5.56 Å². The minimum absolute atomic E-state index is 0.0656. The number of benzene rings is 3. The predicted molar refractivity (Wildman–Crippen MR) is 127 cm³/mol. The molecule has 8 heteroatoms. The molecule has 1 N–H and O–H groups in total. The largest absolute Gasteiger partial charge is 0.476 e. The van der Waals surface area contributed by atoms with Crippen molar-refractivity contribution >= 4 is 33.4 Å². The number of ether oxygens (including phenoxy) is 1. The molecule has 0 aromatic heterocycles. The first-order valence-corrected chi connectivity index (χ1v) is 12.9. The van der Waals surface area contributed by atoms with Crippen molar-refractivity contribution in [1.82, 2.24) is 5.32 Å². The fourth-order valence-corrected chi connectivity index (χ4v) is 5.81. The van der Waals surface area contributed by atoms with Crippen molar-refractivity contribution in [2.45, 2.75) is 16.8 Å². The van der Waals surface area contributed by atoms with E-state index in [1.807, 2.05) is 48.5 Å². The van der Waals surface area contributed by atoms with Crippen LogP contribution in [-0.4, -0.2) is 39.3 Å². The Bertz CT molecular complexity index is 1150. The lowest BCUT2D eigenvalue weighted by atomic mass is 10.2. The Kier molecular flexibility index (Phi) is 7.02. The Morgan fingerprint density at radius 3 is 2.38 bits per heavy atom. The Hall–Kier alpha value is -2.97. The van der Waals surface area contributed by atoms with Gasteiger partial charge in [-0.25, -0.2) is 8.42 Å². The lowest BCUT2D eigenvalue weighted by Crippen LogP contribution is -2.51. The van der Waals surface area contributed by atoms with Gasteiger partial charge in [-0.15, -0.1) is 11.8 Å². The van der Waals surface area contributed by atoms with Gasteiger partial charge in [0.15, 0.2) is 6.10 Å². The Morgan fingerprint density at radius 2 is 1.62 bits per heavy atom. The van der Waals surface area contributed by atoms with Crippen LogP contribution in [0.3, 0.4) is 0 Å². The molecule has 1 aliphatic heterocycles. The third-order valence-corrected chi connectivity index (χ3v) is 7.70. The Labute approximate surface area is 192 Å². The van der Waals surface area contributed by atoms with Crippen molar-refractivity contribution < 1.29 is 17.9 Å². The fourth-order valence-electron chi connectivity index (χ4n) is 3.44. The van der Waals surface area contributed by atoms with E-state index in [4.69, 9.17) is 4.74 Å². The third-order valence-electron chi connectivity index (χ3n) is 4.97. The van der Waals surface area contributed by atoms with E-state index in [2.05, 4.69) is 5.32 Å². The van der Waals surface area contributed by atoms with Gasteiger partial charge in [0.25, 0.3) is 5.91 Å². The van der Waals surface area contributed by atoms with Crippen molar-refractivity contribution in [2.75, 3.05) is 23.1 Å². The molecule has 3 aromatic carbocycles. The molecule has 166 valence electrons. The monoisotopic (exact) mass is 468 g/mol. The second kappa shape index (κ2) is 10.1. The van der Waals surface area contributed by atoms with Crippen LogP contribution in [0.4, 0.5) is 5.69 Å². The van der Waals surface area contributed by atoms with Gasteiger partial charge < -0.3 is 10.1 Å². The average molecular weight is 469 g/mol. The van der Waals surface area contributed by atoms with E-state index in [0.29, 0.717) is 29.3 Å². The normalized spacial score (nSPS) is 15.5. The molecular formula is C24H24N2O4S2. The number of anilines is 1. The van der Waals surface area contributed by atoms with Crippen LogP contribution < -0.4 is 14.4 Å². The molecule has 4 rings (SSSR count). The minimum atomic E-state index is -3.71. The summed E-state index contributed by atoms with van der Waals surface area (Å²) in [5.41, 5.74) is 1.14. The summed E-state index contributed by atoms with van der Waals surface area (Å²) in [5.74, 6) is 0.613. The topological polar surface area (TPSA) is 75.7 Å². The summed E-state index contributed by atoms with van der Waals surface area (Å²) >= 11 is 1.64. The van der Waals surface area contributed by atoms with E-state index in [1.165, 1.54) is 4.31 Å². The van der Waals surface area contributed by atoms with Crippen LogP contribution in [-0.2, 0) is 20.6 Å². The second-order valence-corrected chi connectivity index (χ2v) is 10.4. The summed E-state index contributed by atoms with van der Waals surface area (Å²) in [6, 6.07) is 25.8. The van der Waals surface area contributed by atoms with Crippen molar-refractivity contribution in [3.05, 3.63) is 90.5 Å². The minimum Gasteiger partial charge on any atom is -0.476 e. The van der Waals surface area contributed by atoms with Gasteiger partial charge in [0, 0.05) is 17.2 Å². The van der Waals surface area contributed by atoms with Gasteiger partial charge >= 0.3 is 0 Å². The van der Waals surface area contributed by atoms with Gasteiger partial charge in [-0.3, -0.25) is 9.10 Å². The maximum absolute atomic E-state index is 13.2. The van der Waals surface area contributed by atoms with Crippen LogP contribution in [0, 0.1) is 0 Å². The highest BCUT2D eigenvalue weighted by molar-refractivity contribution is 7.99. The molecule has 1 aliphatic rings. The molecule has 1 heterocycles. The Balaban J connectivity index is 1.44. The highest BCUT2D eigenvalue weighted by atomic mass is 32.2. The van der Waals surface area contributed by atoms with E-state index in [0.717, 1.165) is 4.90 Å². The molecule has 0 saturated heterocycles.